The van der Waals surface area contributed by atoms with Crippen LogP contribution in [0.3, 0.4) is 0 Å². The highest BCUT2D eigenvalue weighted by Gasteiger charge is 2.23. The molecule has 3 heterocycles. The maximum Gasteiger partial charge on any atom is 0.231 e. The number of aryl methyl sites for hydroxylation is 1. The lowest BCUT2D eigenvalue weighted by Crippen LogP contribution is -2.16. The van der Waals surface area contributed by atoms with Crippen molar-refractivity contribution >= 4 is 11.0 Å². The summed E-state index contributed by atoms with van der Waals surface area (Å²) in [5, 5.41) is 0.461. The van der Waals surface area contributed by atoms with Gasteiger partial charge in [-0.15, -0.1) is 0 Å². The summed E-state index contributed by atoms with van der Waals surface area (Å²) < 4.78 is 27.9. The zero-order valence-corrected chi connectivity index (χ0v) is 13.5. The van der Waals surface area contributed by atoms with E-state index in [1.54, 1.807) is 31.2 Å². The fourth-order valence-corrected chi connectivity index (χ4v) is 3.26. The van der Waals surface area contributed by atoms with Crippen molar-refractivity contribution < 1.29 is 23.4 Å². The molecule has 0 atom stereocenters. The smallest absolute Gasteiger partial charge is 0.231 e. The Bertz CT molecular complexity index is 1070. The van der Waals surface area contributed by atoms with Gasteiger partial charge in [-0.25, -0.2) is 0 Å². The molecule has 0 N–H and O–H groups in total. The molecule has 2 aliphatic rings. The quantitative estimate of drug-likeness (QED) is 0.678. The molecule has 0 amide bonds. The highest BCUT2D eigenvalue weighted by molar-refractivity contribution is 5.89. The highest BCUT2D eigenvalue weighted by Crippen LogP contribution is 2.40. The van der Waals surface area contributed by atoms with Crippen LogP contribution >= 0.6 is 0 Å². The summed E-state index contributed by atoms with van der Waals surface area (Å²) in [4.78, 5) is 13.1. The van der Waals surface area contributed by atoms with Crippen LogP contribution in [0.15, 0.2) is 39.5 Å². The Morgan fingerprint density at radius 2 is 1.68 bits per heavy atom. The van der Waals surface area contributed by atoms with Gasteiger partial charge in [-0.1, -0.05) is 6.07 Å². The van der Waals surface area contributed by atoms with Gasteiger partial charge in [-0.05, 0) is 36.8 Å². The molecule has 3 aromatic rings. The Hall–Kier alpha value is -3.15. The van der Waals surface area contributed by atoms with Crippen LogP contribution in [-0.4, -0.2) is 20.0 Å². The molecule has 0 unspecified atom stereocenters. The molecule has 1 aromatic heterocycles. The van der Waals surface area contributed by atoms with E-state index in [0.717, 1.165) is 5.56 Å². The van der Waals surface area contributed by atoms with E-state index < -0.39 is 0 Å². The number of rotatable bonds is 1. The van der Waals surface area contributed by atoms with Crippen LogP contribution in [0.5, 0.6) is 23.0 Å². The van der Waals surface area contributed by atoms with E-state index in [1.165, 1.54) is 0 Å². The van der Waals surface area contributed by atoms with Crippen molar-refractivity contribution in [1.29, 1.82) is 0 Å². The van der Waals surface area contributed by atoms with Crippen LogP contribution < -0.4 is 24.4 Å². The Morgan fingerprint density at radius 1 is 0.880 bits per heavy atom. The SMILES string of the molecule is Cc1oc2c3c(ccc2c(=O)c1-c1ccc2c(c1)OCO2)OCCO3. The number of hydrogen-bond donors (Lipinski definition) is 0. The van der Waals surface area contributed by atoms with Gasteiger partial charge in [0, 0.05) is 0 Å². The monoisotopic (exact) mass is 338 g/mol. The summed E-state index contributed by atoms with van der Waals surface area (Å²) in [5.41, 5.74) is 1.54. The molecule has 0 aliphatic carbocycles. The molecule has 2 aromatic carbocycles. The molecule has 0 saturated heterocycles. The van der Waals surface area contributed by atoms with Gasteiger partial charge in [-0.2, -0.15) is 0 Å². The molecule has 6 heteroatoms. The van der Waals surface area contributed by atoms with Crippen LogP contribution in [0.4, 0.5) is 0 Å². The minimum absolute atomic E-state index is 0.116. The zero-order chi connectivity index (χ0) is 17.0. The van der Waals surface area contributed by atoms with Crippen molar-refractivity contribution in [2.24, 2.45) is 0 Å². The first-order valence-corrected chi connectivity index (χ1v) is 7.98. The van der Waals surface area contributed by atoms with Crippen LogP contribution in [0, 0.1) is 6.92 Å². The van der Waals surface area contributed by atoms with Gasteiger partial charge in [-0.3, -0.25) is 4.79 Å². The summed E-state index contributed by atoms with van der Waals surface area (Å²) in [6.45, 7) is 2.87. The summed E-state index contributed by atoms with van der Waals surface area (Å²) >= 11 is 0. The summed E-state index contributed by atoms with van der Waals surface area (Å²) in [6.07, 6.45) is 0. The molecule has 0 radical (unpaired) electrons. The molecule has 2 aliphatic heterocycles. The standard InChI is InChI=1S/C19H14O6/c1-10-16(11-2-4-13-15(8-11)24-9-23-13)17(20)12-3-5-14-19(18(12)25-10)22-7-6-21-14/h2-5,8H,6-7,9H2,1H3. The molecule has 5 rings (SSSR count). The van der Waals surface area contributed by atoms with Crippen LogP contribution in [0.2, 0.25) is 0 Å². The number of ether oxygens (including phenoxy) is 4. The first-order chi connectivity index (χ1) is 12.2. The average Bonchev–Trinajstić information content (AvgIpc) is 3.09. The lowest BCUT2D eigenvalue weighted by atomic mass is 10.0. The van der Waals surface area contributed by atoms with Gasteiger partial charge in [0.05, 0.1) is 10.9 Å². The predicted molar refractivity (Wildman–Crippen MR) is 89.8 cm³/mol. The fourth-order valence-electron chi connectivity index (χ4n) is 3.26. The zero-order valence-electron chi connectivity index (χ0n) is 13.5. The van der Waals surface area contributed by atoms with Gasteiger partial charge >= 0.3 is 0 Å². The molecule has 0 fully saturated rings. The lowest BCUT2D eigenvalue weighted by Gasteiger charge is -2.19. The van der Waals surface area contributed by atoms with Gasteiger partial charge < -0.3 is 23.4 Å². The topological polar surface area (TPSA) is 67.1 Å². The van der Waals surface area contributed by atoms with E-state index >= 15 is 0 Å². The van der Waals surface area contributed by atoms with Gasteiger partial charge in [0.15, 0.2) is 22.8 Å². The molecular weight excluding hydrogens is 324 g/mol. The summed E-state index contributed by atoms with van der Waals surface area (Å²) in [6, 6.07) is 8.88. The third-order valence-corrected chi connectivity index (χ3v) is 4.40. The maximum absolute atomic E-state index is 13.1. The molecule has 0 bridgehead atoms. The van der Waals surface area contributed by atoms with E-state index in [9.17, 15) is 4.79 Å². The number of fused-ring (bicyclic) bond motifs is 4. The number of benzene rings is 2. The molecular formula is C19H14O6. The summed E-state index contributed by atoms with van der Waals surface area (Å²) in [7, 11) is 0. The van der Waals surface area contributed by atoms with Gasteiger partial charge in [0.2, 0.25) is 18.0 Å². The normalized spacial score (nSPS) is 14.8. The Labute approximate surface area is 142 Å². The van der Waals surface area contributed by atoms with E-state index in [1.807, 2.05) is 6.07 Å². The third-order valence-electron chi connectivity index (χ3n) is 4.40. The molecule has 0 saturated carbocycles. The second-order valence-corrected chi connectivity index (χ2v) is 5.90. The fraction of sp³-hybridized carbons (Fsp3) is 0.211. The van der Waals surface area contributed by atoms with Crippen molar-refractivity contribution in [1.82, 2.24) is 0 Å². The van der Waals surface area contributed by atoms with Crippen molar-refractivity contribution in [2.75, 3.05) is 20.0 Å². The first-order valence-electron chi connectivity index (χ1n) is 7.98. The van der Waals surface area contributed by atoms with Crippen molar-refractivity contribution in [3.05, 3.63) is 46.3 Å². The minimum Gasteiger partial charge on any atom is -0.486 e. The summed E-state index contributed by atoms with van der Waals surface area (Å²) in [5.74, 6) is 2.89. The van der Waals surface area contributed by atoms with Crippen LogP contribution in [-0.2, 0) is 0 Å². The molecule has 126 valence electrons. The van der Waals surface area contributed by atoms with E-state index in [2.05, 4.69) is 0 Å². The Balaban J connectivity index is 1.76. The van der Waals surface area contributed by atoms with Gasteiger partial charge in [0.25, 0.3) is 0 Å². The maximum atomic E-state index is 13.1. The van der Waals surface area contributed by atoms with Crippen molar-refractivity contribution in [3.8, 4) is 34.1 Å². The van der Waals surface area contributed by atoms with E-state index in [-0.39, 0.29) is 12.2 Å². The molecule has 0 spiro atoms. The van der Waals surface area contributed by atoms with Gasteiger partial charge in [0.1, 0.15) is 19.0 Å². The molecule has 6 nitrogen and oxygen atoms in total. The second kappa shape index (κ2) is 5.17. The lowest BCUT2D eigenvalue weighted by molar-refractivity contribution is 0.172. The largest absolute Gasteiger partial charge is 0.486 e. The van der Waals surface area contributed by atoms with E-state index in [0.29, 0.717) is 58.5 Å². The second-order valence-electron chi connectivity index (χ2n) is 5.90. The number of hydrogen-bond acceptors (Lipinski definition) is 6. The van der Waals surface area contributed by atoms with E-state index in [4.69, 9.17) is 23.4 Å². The Morgan fingerprint density at radius 3 is 2.60 bits per heavy atom. The van der Waals surface area contributed by atoms with Crippen LogP contribution in [0.1, 0.15) is 5.76 Å². The van der Waals surface area contributed by atoms with Crippen LogP contribution in [0.25, 0.3) is 22.1 Å². The Kier molecular flexibility index (Phi) is 2.94. The average molecular weight is 338 g/mol. The molecule has 25 heavy (non-hydrogen) atoms. The minimum atomic E-state index is -0.116. The van der Waals surface area contributed by atoms with Crippen molar-refractivity contribution in [3.63, 3.8) is 0 Å². The third kappa shape index (κ3) is 2.07. The predicted octanol–water partition coefficient (Wildman–Crippen LogP) is 3.27. The van der Waals surface area contributed by atoms with Crippen molar-refractivity contribution in [2.45, 2.75) is 6.92 Å². The first kappa shape index (κ1) is 14.2. The highest BCUT2D eigenvalue weighted by atomic mass is 16.7.